The molecule has 0 spiro atoms. The Morgan fingerprint density at radius 3 is 3.00 bits per heavy atom. The van der Waals surface area contributed by atoms with E-state index in [4.69, 9.17) is 15.4 Å². The van der Waals surface area contributed by atoms with Gasteiger partial charge in [-0.15, -0.1) is 0 Å². The number of carbonyl (C=O) groups excluding carboxylic acids is 2. The van der Waals surface area contributed by atoms with Crippen molar-refractivity contribution in [3.63, 3.8) is 0 Å². The lowest BCUT2D eigenvalue weighted by Crippen LogP contribution is -2.33. The van der Waals surface area contributed by atoms with E-state index >= 15 is 0 Å². The van der Waals surface area contributed by atoms with Crippen LogP contribution in [0, 0.1) is 22.6 Å². The zero-order valence-corrected chi connectivity index (χ0v) is 14.9. The number of nitrogens with one attached hydrogen (secondary N) is 3. The fourth-order valence-corrected chi connectivity index (χ4v) is 2.59. The Labute approximate surface area is 156 Å². The summed E-state index contributed by atoms with van der Waals surface area (Å²) in [6.45, 7) is 2.65. The highest BCUT2D eigenvalue weighted by atomic mass is 19.1. The van der Waals surface area contributed by atoms with Crippen LogP contribution in [0.15, 0.2) is 18.2 Å². The van der Waals surface area contributed by atoms with Gasteiger partial charge in [-0.1, -0.05) is 0 Å². The zero-order valence-electron chi connectivity index (χ0n) is 14.9. The first kappa shape index (κ1) is 20.1. The number of cyclic esters (lactones) is 1. The summed E-state index contributed by atoms with van der Waals surface area (Å²) in [7, 11) is 0. The molecule has 0 bridgehead atoms. The molecular weight excluding hydrogens is 355 g/mol. The number of ether oxygens (including phenoxy) is 1. The largest absolute Gasteiger partial charge is 0.442 e. The van der Waals surface area contributed by atoms with Gasteiger partial charge in [0.15, 0.2) is 0 Å². The van der Waals surface area contributed by atoms with Gasteiger partial charge in [-0.3, -0.25) is 15.1 Å². The van der Waals surface area contributed by atoms with Crippen molar-refractivity contribution in [2.24, 2.45) is 0 Å². The number of anilines is 2. The summed E-state index contributed by atoms with van der Waals surface area (Å²) >= 11 is 0. The number of carbonyl (C=O) groups is 2. The van der Waals surface area contributed by atoms with Crippen molar-refractivity contribution < 1.29 is 18.7 Å². The zero-order chi connectivity index (χ0) is 19.8. The molecule has 1 aromatic rings. The average molecular weight is 376 g/mol. The second kappa shape index (κ2) is 9.49. The summed E-state index contributed by atoms with van der Waals surface area (Å²) in [5, 5.41) is 21.4. The van der Waals surface area contributed by atoms with Gasteiger partial charge in [0.05, 0.1) is 43.4 Å². The monoisotopic (exact) mass is 376 g/mol. The van der Waals surface area contributed by atoms with Gasteiger partial charge in [0, 0.05) is 20.0 Å². The summed E-state index contributed by atoms with van der Waals surface area (Å²) in [4.78, 5) is 25.7. The van der Waals surface area contributed by atoms with E-state index in [-0.39, 0.29) is 31.2 Å². The number of rotatable bonds is 9. The van der Waals surface area contributed by atoms with E-state index in [9.17, 15) is 14.0 Å². The van der Waals surface area contributed by atoms with Crippen LogP contribution in [0.1, 0.15) is 6.92 Å². The van der Waals surface area contributed by atoms with Gasteiger partial charge in [-0.2, -0.15) is 5.26 Å². The van der Waals surface area contributed by atoms with E-state index in [2.05, 4.69) is 10.6 Å². The number of hydrogen-bond acceptors (Lipinski definition) is 6. The Kier molecular flexibility index (Phi) is 7.08. The van der Waals surface area contributed by atoms with Crippen LogP contribution in [0.3, 0.4) is 0 Å². The SMILES string of the molecule is CC(=O)NC[C@H]1CN(c2ccc(N(C=N)CCNCC#N)c(F)c2)C(=O)O1. The number of benzene rings is 1. The van der Waals surface area contributed by atoms with Crippen LogP contribution in [0.4, 0.5) is 20.6 Å². The van der Waals surface area contributed by atoms with Gasteiger partial charge < -0.3 is 20.3 Å². The van der Waals surface area contributed by atoms with Crippen molar-refractivity contribution in [2.45, 2.75) is 13.0 Å². The molecular formula is C17H21FN6O3. The first-order valence-electron chi connectivity index (χ1n) is 8.33. The molecule has 0 aliphatic carbocycles. The van der Waals surface area contributed by atoms with Gasteiger partial charge >= 0.3 is 6.09 Å². The molecule has 27 heavy (non-hydrogen) atoms. The van der Waals surface area contributed by atoms with E-state index in [0.717, 1.165) is 6.34 Å². The molecule has 1 fully saturated rings. The molecule has 1 heterocycles. The third-order valence-corrected chi connectivity index (χ3v) is 3.89. The highest BCUT2D eigenvalue weighted by Gasteiger charge is 2.32. The highest BCUT2D eigenvalue weighted by Crippen LogP contribution is 2.27. The van der Waals surface area contributed by atoms with Crippen molar-refractivity contribution in [1.29, 1.82) is 10.7 Å². The average Bonchev–Trinajstić information content (AvgIpc) is 3.01. The van der Waals surface area contributed by atoms with Crippen LogP contribution < -0.4 is 20.4 Å². The Balaban J connectivity index is 2.05. The number of nitrogens with zero attached hydrogens (tertiary/aromatic N) is 3. The van der Waals surface area contributed by atoms with Gasteiger partial charge in [-0.05, 0) is 18.2 Å². The van der Waals surface area contributed by atoms with Gasteiger partial charge in [0.25, 0.3) is 0 Å². The lowest BCUT2D eigenvalue weighted by atomic mass is 10.2. The molecule has 144 valence electrons. The standard InChI is InChI=1S/C17H21FN6O3/c1-12(25)22-9-14-10-24(17(26)27-14)13-2-3-16(15(18)8-13)23(11-20)7-6-21-5-4-19/h2-3,8,11,14,20-21H,5-7,9-10H2,1H3,(H,22,25)/t14-/m0/s1. The summed E-state index contributed by atoms with van der Waals surface area (Å²) < 4.78 is 19.7. The Morgan fingerprint density at radius 1 is 1.59 bits per heavy atom. The third kappa shape index (κ3) is 5.39. The van der Waals surface area contributed by atoms with Gasteiger partial charge in [0.1, 0.15) is 11.9 Å². The van der Waals surface area contributed by atoms with Crippen LogP contribution >= 0.6 is 0 Å². The van der Waals surface area contributed by atoms with Gasteiger partial charge in [0.2, 0.25) is 5.91 Å². The molecule has 2 amide bonds. The topological polar surface area (TPSA) is 122 Å². The smallest absolute Gasteiger partial charge is 0.414 e. The van der Waals surface area contributed by atoms with Crippen LogP contribution in [-0.2, 0) is 9.53 Å². The second-order valence-electron chi connectivity index (χ2n) is 5.85. The molecule has 0 saturated carbocycles. The maximum atomic E-state index is 14.5. The fraction of sp³-hybridized carbons (Fsp3) is 0.412. The second-order valence-corrected chi connectivity index (χ2v) is 5.85. The molecule has 10 heteroatoms. The van der Waals surface area contributed by atoms with E-state index < -0.39 is 18.0 Å². The minimum absolute atomic E-state index is 0.171. The summed E-state index contributed by atoms with van der Waals surface area (Å²) in [6, 6.07) is 6.19. The minimum Gasteiger partial charge on any atom is -0.442 e. The lowest BCUT2D eigenvalue weighted by molar-refractivity contribution is -0.119. The molecule has 1 saturated heterocycles. The molecule has 1 aliphatic rings. The third-order valence-electron chi connectivity index (χ3n) is 3.89. The number of hydrogen-bond donors (Lipinski definition) is 3. The molecule has 1 atom stereocenters. The maximum Gasteiger partial charge on any atom is 0.414 e. The number of halogens is 1. The lowest BCUT2D eigenvalue weighted by Gasteiger charge is -2.21. The van der Waals surface area contributed by atoms with Crippen molar-refractivity contribution in [1.82, 2.24) is 10.6 Å². The molecule has 0 unspecified atom stereocenters. The summed E-state index contributed by atoms with van der Waals surface area (Å²) in [6.07, 6.45) is -0.116. The number of nitriles is 1. The normalized spacial score (nSPS) is 15.8. The van der Waals surface area contributed by atoms with E-state index in [1.54, 1.807) is 6.07 Å². The molecule has 2 rings (SSSR count). The molecule has 3 N–H and O–H groups in total. The van der Waals surface area contributed by atoms with Crippen LogP contribution in [0.25, 0.3) is 0 Å². The van der Waals surface area contributed by atoms with E-state index in [0.29, 0.717) is 18.8 Å². The minimum atomic E-state index is -0.609. The first-order valence-corrected chi connectivity index (χ1v) is 8.33. The molecule has 9 nitrogen and oxygen atoms in total. The van der Waals surface area contributed by atoms with Crippen molar-refractivity contribution in [3.05, 3.63) is 24.0 Å². The highest BCUT2D eigenvalue weighted by molar-refractivity contribution is 5.90. The molecule has 1 aromatic carbocycles. The Morgan fingerprint density at radius 2 is 2.37 bits per heavy atom. The quantitative estimate of drug-likeness (QED) is 0.254. The first-order chi connectivity index (χ1) is 13.0. The van der Waals surface area contributed by atoms with Crippen molar-refractivity contribution in [3.8, 4) is 6.07 Å². The predicted molar refractivity (Wildman–Crippen MR) is 97.3 cm³/mol. The molecule has 0 aromatic heterocycles. The maximum absolute atomic E-state index is 14.5. The van der Waals surface area contributed by atoms with Crippen molar-refractivity contribution in [2.75, 3.05) is 42.5 Å². The number of amides is 2. The van der Waals surface area contributed by atoms with Crippen molar-refractivity contribution >= 4 is 29.7 Å². The summed E-state index contributed by atoms with van der Waals surface area (Å²) in [5.74, 6) is -0.815. The van der Waals surface area contributed by atoms with Crippen LogP contribution in [0.5, 0.6) is 0 Å². The van der Waals surface area contributed by atoms with Crippen LogP contribution in [0.2, 0.25) is 0 Å². The summed E-state index contributed by atoms with van der Waals surface area (Å²) in [5.41, 5.74) is 0.522. The molecule has 1 aliphatic heterocycles. The molecule has 0 radical (unpaired) electrons. The van der Waals surface area contributed by atoms with E-state index in [1.807, 2.05) is 6.07 Å². The van der Waals surface area contributed by atoms with E-state index in [1.165, 1.54) is 28.9 Å². The Hall–Kier alpha value is -3.19. The van der Waals surface area contributed by atoms with Gasteiger partial charge in [-0.25, -0.2) is 9.18 Å². The van der Waals surface area contributed by atoms with Crippen LogP contribution in [-0.4, -0.2) is 57.2 Å². The Bertz CT molecular complexity index is 751. The predicted octanol–water partition coefficient (Wildman–Crippen LogP) is 0.814. The fourth-order valence-electron chi connectivity index (χ4n) is 2.59.